The number of carbonyl (C=O) groups is 2. The molecular formula is C16H22N2O2S. The summed E-state index contributed by atoms with van der Waals surface area (Å²) in [7, 11) is 0. The van der Waals surface area contributed by atoms with E-state index >= 15 is 0 Å². The van der Waals surface area contributed by atoms with Crippen LogP contribution in [-0.4, -0.2) is 35.8 Å². The summed E-state index contributed by atoms with van der Waals surface area (Å²) in [5, 5.41) is 5.29. The van der Waals surface area contributed by atoms with E-state index in [1.807, 2.05) is 17.5 Å². The Morgan fingerprint density at radius 1 is 1.33 bits per heavy atom. The maximum atomic E-state index is 12.7. The number of hydrogen-bond acceptors (Lipinski definition) is 4. The SMILES string of the molecule is O=C(CCc1cccs1)N(C(=O)C1CCCNC1)C1CC1. The van der Waals surface area contributed by atoms with Gasteiger partial charge in [0.1, 0.15) is 0 Å². The fourth-order valence-electron chi connectivity index (χ4n) is 2.90. The molecule has 1 aromatic rings. The van der Waals surface area contributed by atoms with E-state index in [1.54, 1.807) is 16.2 Å². The Morgan fingerprint density at radius 3 is 2.81 bits per heavy atom. The zero-order valence-electron chi connectivity index (χ0n) is 12.2. The molecule has 0 bridgehead atoms. The smallest absolute Gasteiger partial charge is 0.233 e. The van der Waals surface area contributed by atoms with Gasteiger partial charge in [0.25, 0.3) is 0 Å². The summed E-state index contributed by atoms with van der Waals surface area (Å²) in [6.07, 6.45) is 5.09. The third kappa shape index (κ3) is 3.71. The standard InChI is InChI=1S/C16H22N2O2S/c19-15(8-7-14-4-2-10-21-14)18(13-5-6-13)16(20)12-3-1-9-17-11-12/h2,4,10,12-13,17H,1,3,5-9,11H2. The normalized spacial score (nSPS) is 22.0. The van der Waals surface area contributed by atoms with Gasteiger partial charge in [-0.3, -0.25) is 14.5 Å². The van der Waals surface area contributed by atoms with Crippen LogP contribution in [0, 0.1) is 5.92 Å². The van der Waals surface area contributed by atoms with E-state index < -0.39 is 0 Å². The molecule has 0 radical (unpaired) electrons. The van der Waals surface area contributed by atoms with Crippen LogP contribution in [0.15, 0.2) is 17.5 Å². The van der Waals surface area contributed by atoms with Crippen LogP contribution < -0.4 is 5.32 Å². The Kier molecular flexibility index (Phi) is 4.70. The maximum absolute atomic E-state index is 12.7. The summed E-state index contributed by atoms with van der Waals surface area (Å²) < 4.78 is 0. The van der Waals surface area contributed by atoms with Crippen molar-refractivity contribution in [2.75, 3.05) is 13.1 Å². The quantitative estimate of drug-likeness (QED) is 0.907. The molecule has 1 aliphatic carbocycles. The predicted octanol–water partition coefficient (Wildman–Crippen LogP) is 2.20. The van der Waals surface area contributed by atoms with Gasteiger partial charge in [0.05, 0.1) is 5.92 Å². The fraction of sp³-hybridized carbons (Fsp3) is 0.625. The van der Waals surface area contributed by atoms with Gasteiger partial charge in [-0.2, -0.15) is 0 Å². The number of hydrogen-bond donors (Lipinski definition) is 1. The molecule has 3 rings (SSSR count). The summed E-state index contributed by atoms with van der Waals surface area (Å²) in [6.45, 7) is 1.71. The molecule has 1 aliphatic heterocycles. The van der Waals surface area contributed by atoms with E-state index in [0.29, 0.717) is 6.42 Å². The molecule has 2 heterocycles. The highest BCUT2D eigenvalue weighted by atomic mass is 32.1. The summed E-state index contributed by atoms with van der Waals surface area (Å²) in [5.74, 6) is 0.0624. The highest BCUT2D eigenvalue weighted by Gasteiger charge is 2.39. The molecule has 1 unspecified atom stereocenters. The minimum Gasteiger partial charge on any atom is -0.316 e. The Morgan fingerprint density at radius 2 is 2.19 bits per heavy atom. The number of piperidine rings is 1. The number of imide groups is 1. The van der Waals surface area contributed by atoms with Gasteiger partial charge in [-0.25, -0.2) is 0 Å². The van der Waals surface area contributed by atoms with Crippen molar-refractivity contribution in [3.05, 3.63) is 22.4 Å². The minimum absolute atomic E-state index is 0.00922. The van der Waals surface area contributed by atoms with Crippen LogP contribution in [0.25, 0.3) is 0 Å². The van der Waals surface area contributed by atoms with Crippen molar-refractivity contribution < 1.29 is 9.59 Å². The molecule has 21 heavy (non-hydrogen) atoms. The molecule has 0 spiro atoms. The lowest BCUT2D eigenvalue weighted by Crippen LogP contribution is -2.46. The average Bonchev–Trinajstić information content (AvgIpc) is 3.20. The molecule has 2 fully saturated rings. The van der Waals surface area contributed by atoms with Crippen molar-refractivity contribution >= 4 is 23.2 Å². The molecule has 5 heteroatoms. The second-order valence-corrected chi connectivity index (χ2v) is 6.99. The first-order valence-corrected chi connectivity index (χ1v) is 8.72. The van der Waals surface area contributed by atoms with Crippen LogP contribution in [0.4, 0.5) is 0 Å². The molecule has 114 valence electrons. The summed E-state index contributed by atoms with van der Waals surface area (Å²) in [5.41, 5.74) is 0. The number of amides is 2. The summed E-state index contributed by atoms with van der Waals surface area (Å²) in [6, 6.07) is 4.23. The van der Waals surface area contributed by atoms with Crippen LogP contribution in [0.2, 0.25) is 0 Å². The molecule has 1 saturated carbocycles. The van der Waals surface area contributed by atoms with Gasteiger partial charge in [0.2, 0.25) is 11.8 Å². The first kappa shape index (κ1) is 14.7. The van der Waals surface area contributed by atoms with E-state index in [0.717, 1.165) is 45.2 Å². The van der Waals surface area contributed by atoms with E-state index in [1.165, 1.54) is 4.88 Å². The van der Waals surface area contributed by atoms with Crippen molar-refractivity contribution in [3.63, 3.8) is 0 Å². The molecule has 1 saturated heterocycles. The third-order valence-corrected chi connectivity index (χ3v) is 5.17. The number of aryl methyl sites for hydroxylation is 1. The Balaban J connectivity index is 1.60. The highest BCUT2D eigenvalue weighted by molar-refractivity contribution is 7.09. The highest BCUT2D eigenvalue weighted by Crippen LogP contribution is 2.30. The van der Waals surface area contributed by atoms with Crippen LogP contribution in [0.5, 0.6) is 0 Å². The second-order valence-electron chi connectivity index (χ2n) is 5.96. The van der Waals surface area contributed by atoms with Crippen molar-refractivity contribution in [3.8, 4) is 0 Å². The molecule has 1 aromatic heterocycles. The molecular weight excluding hydrogens is 284 g/mol. The number of carbonyl (C=O) groups excluding carboxylic acids is 2. The molecule has 0 aromatic carbocycles. The van der Waals surface area contributed by atoms with Crippen LogP contribution >= 0.6 is 11.3 Å². The first-order chi connectivity index (χ1) is 10.3. The van der Waals surface area contributed by atoms with Crippen molar-refractivity contribution in [2.24, 2.45) is 5.92 Å². The Bertz CT molecular complexity index is 490. The van der Waals surface area contributed by atoms with E-state index in [9.17, 15) is 9.59 Å². The van der Waals surface area contributed by atoms with Crippen molar-refractivity contribution in [1.29, 1.82) is 0 Å². The molecule has 1 N–H and O–H groups in total. The first-order valence-electron chi connectivity index (χ1n) is 7.84. The average molecular weight is 306 g/mol. The van der Waals surface area contributed by atoms with Gasteiger partial charge in [0.15, 0.2) is 0 Å². The van der Waals surface area contributed by atoms with Crippen LogP contribution in [0.3, 0.4) is 0 Å². The minimum atomic E-state index is -0.00922. The maximum Gasteiger partial charge on any atom is 0.233 e. The van der Waals surface area contributed by atoms with Gasteiger partial charge in [-0.1, -0.05) is 6.07 Å². The van der Waals surface area contributed by atoms with Crippen molar-refractivity contribution in [2.45, 2.75) is 44.6 Å². The van der Waals surface area contributed by atoms with Gasteiger partial charge >= 0.3 is 0 Å². The molecule has 2 aliphatic rings. The number of nitrogens with one attached hydrogen (secondary N) is 1. The fourth-order valence-corrected chi connectivity index (χ4v) is 3.61. The van der Waals surface area contributed by atoms with Gasteiger partial charge in [0, 0.05) is 23.9 Å². The molecule has 4 nitrogen and oxygen atoms in total. The lowest BCUT2D eigenvalue weighted by atomic mass is 9.97. The lowest BCUT2D eigenvalue weighted by molar-refractivity contribution is -0.148. The number of rotatable bonds is 5. The molecule has 2 amide bonds. The summed E-state index contributed by atoms with van der Waals surface area (Å²) in [4.78, 5) is 27.9. The summed E-state index contributed by atoms with van der Waals surface area (Å²) >= 11 is 1.67. The van der Waals surface area contributed by atoms with Gasteiger partial charge in [-0.15, -0.1) is 11.3 Å². The van der Waals surface area contributed by atoms with Crippen molar-refractivity contribution in [1.82, 2.24) is 10.2 Å². The Hall–Kier alpha value is -1.20. The second kappa shape index (κ2) is 6.71. The van der Waals surface area contributed by atoms with Crippen LogP contribution in [0.1, 0.15) is 37.0 Å². The zero-order chi connectivity index (χ0) is 14.7. The zero-order valence-corrected chi connectivity index (χ0v) is 13.0. The van der Waals surface area contributed by atoms with Gasteiger partial charge < -0.3 is 5.32 Å². The van der Waals surface area contributed by atoms with E-state index in [4.69, 9.17) is 0 Å². The van der Waals surface area contributed by atoms with Crippen LogP contribution in [-0.2, 0) is 16.0 Å². The lowest BCUT2D eigenvalue weighted by Gasteiger charge is -2.28. The molecule has 1 atom stereocenters. The van der Waals surface area contributed by atoms with Gasteiger partial charge in [-0.05, 0) is 50.1 Å². The topological polar surface area (TPSA) is 49.4 Å². The van der Waals surface area contributed by atoms with E-state index in [-0.39, 0.29) is 23.8 Å². The Labute approximate surface area is 129 Å². The number of nitrogens with zero attached hydrogens (tertiary/aromatic N) is 1. The third-order valence-electron chi connectivity index (χ3n) is 4.23. The predicted molar refractivity (Wildman–Crippen MR) is 83.1 cm³/mol. The van der Waals surface area contributed by atoms with E-state index in [2.05, 4.69) is 5.32 Å². The largest absolute Gasteiger partial charge is 0.316 e. The number of thiophene rings is 1. The monoisotopic (exact) mass is 306 g/mol.